The fourth-order valence-electron chi connectivity index (χ4n) is 3.32. The van der Waals surface area contributed by atoms with E-state index in [1.807, 2.05) is 6.07 Å². The molecule has 0 aliphatic carbocycles. The maximum atomic E-state index is 11.9. The standard InChI is InChI=1S/C22H31N3O11.Gd.H2O/c26-18(27)10-23(6-7-24(11-19(28)29)12-20(30)31)8-9-25(13-21(32)33)17(22(34)35)15-36-14-16-4-2-1-3-5-16;;/h1-5,17H,6-15H2,(H,26,27)(H,28,29)(H,30,31)(H,32,33)(H,34,35);;1H2/q;+3;/p+1. The van der Waals surface area contributed by atoms with Gasteiger partial charge >= 0.3 is 69.8 Å². The summed E-state index contributed by atoms with van der Waals surface area (Å²) in [5.74, 6) is -6.34. The summed E-state index contributed by atoms with van der Waals surface area (Å²) in [5.41, 5.74) is 0.798. The Kier molecular flexibility index (Phi) is 20.5. The van der Waals surface area contributed by atoms with Crippen molar-refractivity contribution in [2.75, 3.05) is 59.0 Å². The summed E-state index contributed by atoms with van der Waals surface area (Å²) >= 11 is 0. The third-order valence-electron chi connectivity index (χ3n) is 4.96. The monoisotopic (exact) mass is 690 g/mol. The molecule has 0 aliphatic rings. The van der Waals surface area contributed by atoms with Crippen molar-refractivity contribution in [2.24, 2.45) is 0 Å². The Morgan fingerprint density at radius 3 is 1.61 bits per heavy atom. The average molecular weight is 690 g/mol. The smallest absolute Gasteiger partial charge is 0.480 e. The fourth-order valence-corrected chi connectivity index (χ4v) is 3.32. The molecular weight excluding hydrogens is 656 g/mol. The summed E-state index contributed by atoms with van der Waals surface area (Å²) < 4.78 is 5.49. The van der Waals surface area contributed by atoms with E-state index in [9.17, 15) is 39.3 Å². The second-order valence-corrected chi connectivity index (χ2v) is 7.89. The molecular formula is C22H34GdN3O12+4. The van der Waals surface area contributed by atoms with Crippen LogP contribution in [0.4, 0.5) is 0 Å². The van der Waals surface area contributed by atoms with Crippen LogP contribution in [0.3, 0.4) is 0 Å². The molecule has 1 aromatic rings. The van der Waals surface area contributed by atoms with Crippen LogP contribution < -0.4 is 0 Å². The molecule has 0 spiro atoms. The van der Waals surface area contributed by atoms with Crippen molar-refractivity contribution in [3.63, 3.8) is 0 Å². The van der Waals surface area contributed by atoms with Crippen molar-refractivity contribution >= 4 is 29.8 Å². The van der Waals surface area contributed by atoms with Gasteiger partial charge in [-0.25, -0.2) is 0 Å². The first kappa shape index (κ1) is 37.8. The van der Waals surface area contributed by atoms with Gasteiger partial charge in [0.15, 0.2) is 0 Å². The minimum Gasteiger partial charge on any atom is -0.480 e. The molecule has 0 bridgehead atoms. The minimum absolute atomic E-state index is 0. The van der Waals surface area contributed by atoms with Crippen molar-refractivity contribution in [3.05, 3.63) is 35.9 Å². The molecule has 0 saturated heterocycles. The van der Waals surface area contributed by atoms with Gasteiger partial charge < -0.3 is 35.7 Å². The topological polar surface area (TPSA) is 238 Å². The van der Waals surface area contributed by atoms with Gasteiger partial charge in [-0.05, 0) is 5.56 Å². The van der Waals surface area contributed by atoms with Crippen LogP contribution in [0.1, 0.15) is 5.56 Å². The molecule has 1 radical (unpaired) electrons. The Labute approximate surface area is 250 Å². The molecule has 0 fully saturated rings. The van der Waals surface area contributed by atoms with Crippen LogP contribution in [0, 0.1) is 39.9 Å². The molecule has 1 unspecified atom stereocenters. The van der Waals surface area contributed by atoms with Crippen molar-refractivity contribution in [1.82, 2.24) is 14.7 Å². The molecule has 1 rings (SSSR count). The van der Waals surface area contributed by atoms with Crippen LogP contribution in [0.25, 0.3) is 0 Å². The first-order chi connectivity index (χ1) is 17.0. The number of benzene rings is 1. The van der Waals surface area contributed by atoms with E-state index in [1.54, 1.807) is 24.3 Å². The predicted octanol–water partition coefficient (Wildman–Crippen LogP) is -2.02. The number of carboxylic acids is 5. The third kappa shape index (κ3) is 17.2. The summed E-state index contributed by atoms with van der Waals surface area (Å²) in [5, 5.41) is 46.1. The summed E-state index contributed by atoms with van der Waals surface area (Å²) in [6, 6.07) is 7.62. The molecule has 0 aromatic heterocycles. The van der Waals surface area contributed by atoms with Gasteiger partial charge in [-0.15, -0.1) is 0 Å². The molecule has 1 atom stereocenters. The van der Waals surface area contributed by atoms with Gasteiger partial charge in [0.1, 0.15) is 6.04 Å². The van der Waals surface area contributed by atoms with Crippen LogP contribution in [0.2, 0.25) is 0 Å². The molecule has 38 heavy (non-hydrogen) atoms. The molecule has 15 nitrogen and oxygen atoms in total. The van der Waals surface area contributed by atoms with Gasteiger partial charge in [0.05, 0.1) is 39.4 Å². The number of ether oxygens (including phenoxy) is 1. The zero-order valence-electron chi connectivity index (χ0n) is 20.5. The van der Waals surface area contributed by atoms with Gasteiger partial charge in [0, 0.05) is 26.2 Å². The van der Waals surface area contributed by atoms with E-state index in [1.165, 1.54) is 4.90 Å². The maximum absolute atomic E-state index is 11.9. The second kappa shape index (κ2) is 20.6. The Morgan fingerprint density at radius 2 is 1.13 bits per heavy atom. The van der Waals surface area contributed by atoms with Crippen LogP contribution in [-0.2, 0) is 40.8 Å². The van der Waals surface area contributed by atoms with Crippen LogP contribution in [0.5, 0.6) is 0 Å². The largest absolute Gasteiger partial charge is 3.00 e. The molecule has 0 amide bonds. The summed E-state index contributed by atoms with van der Waals surface area (Å²) in [6.07, 6.45) is 0. The maximum Gasteiger partial charge on any atom is 3.00 e. The number of rotatable bonds is 20. The number of hydrogen-bond acceptors (Lipinski definition) is 9. The Hall–Kier alpha value is -2.31. The Bertz CT molecular complexity index is 874. The SMILES string of the molecule is O=C(O)CN(CCN(CC(=O)O)CC(=O)O)CCN(CC(=O)O)C(COCc1ccccc1)C(=O)O.[Gd+3].[OH3+]. The molecule has 213 valence electrons. The molecule has 0 aliphatic heterocycles. The molecule has 0 saturated carbocycles. The number of aliphatic carboxylic acids is 5. The number of carboxylic acid groups (broad SMARTS) is 5. The van der Waals surface area contributed by atoms with Crippen LogP contribution in [-0.4, -0.2) is 135 Å². The zero-order valence-corrected chi connectivity index (χ0v) is 22.8. The fraction of sp³-hybridized carbons (Fsp3) is 0.500. The van der Waals surface area contributed by atoms with Crippen LogP contribution >= 0.6 is 0 Å². The van der Waals surface area contributed by atoms with Crippen molar-refractivity contribution < 1.29 is 99.7 Å². The van der Waals surface area contributed by atoms with Crippen molar-refractivity contribution in [3.8, 4) is 0 Å². The summed E-state index contributed by atoms with van der Waals surface area (Å²) in [7, 11) is 0. The van der Waals surface area contributed by atoms with Gasteiger partial charge in [-0.3, -0.25) is 38.7 Å². The van der Waals surface area contributed by atoms with E-state index in [2.05, 4.69) is 0 Å². The number of hydrogen-bond donors (Lipinski definition) is 5. The first-order valence-electron chi connectivity index (χ1n) is 10.9. The number of carbonyl (C=O) groups is 5. The van der Waals surface area contributed by atoms with E-state index in [4.69, 9.17) is 14.9 Å². The van der Waals surface area contributed by atoms with Gasteiger partial charge in [0.2, 0.25) is 0 Å². The quantitative estimate of drug-likeness (QED) is 0.0930. The summed E-state index contributed by atoms with van der Waals surface area (Å²) in [4.78, 5) is 60.1. The second-order valence-electron chi connectivity index (χ2n) is 7.89. The summed E-state index contributed by atoms with van der Waals surface area (Å²) in [6.45, 7) is -2.85. The van der Waals surface area contributed by atoms with Gasteiger partial charge in [-0.2, -0.15) is 0 Å². The zero-order chi connectivity index (χ0) is 27.1. The Balaban J connectivity index is 0. The third-order valence-corrected chi connectivity index (χ3v) is 4.96. The van der Waals surface area contributed by atoms with Crippen molar-refractivity contribution in [1.29, 1.82) is 0 Å². The normalized spacial score (nSPS) is 11.4. The van der Waals surface area contributed by atoms with Crippen LogP contribution in [0.15, 0.2) is 30.3 Å². The Morgan fingerprint density at radius 1 is 0.684 bits per heavy atom. The molecule has 8 N–H and O–H groups in total. The van der Waals surface area contributed by atoms with E-state index in [0.717, 1.165) is 15.4 Å². The molecule has 0 heterocycles. The molecule has 16 heteroatoms. The molecule has 1 aromatic carbocycles. The van der Waals surface area contributed by atoms with E-state index < -0.39 is 62.1 Å². The van der Waals surface area contributed by atoms with E-state index in [0.29, 0.717) is 0 Å². The first-order valence-corrected chi connectivity index (χ1v) is 10.9. The number of nitrogens with zero attached hydrogens (tertiary/aromatic N) is 3. The predicted molar refractivity (Wildman–Crippen MR) is 127 cm³/mol. The van der Waals surface area contributed by atoms with E-state index >= 15 is 0 Å². The van der Waals surface area contributed by atoms with Crippen molar-refractivity contribution in [2.45, 2.75) is 12.6 Å². The van der Waals surface area contributed by atoms with Gasteiger partial charge in [-0.1, -0.05) is 30.3 Å². The average Bonchev–Trinajstić information content (AvgIpc) is 2.76. The van der Waals surface area contributed by atoms with E-state index in [-0.39, 0.29) is 84.8 Å². The van der Waals surface area contributed by atoms with Gasteiger partial charge in [0.25, 0.3) is 0 Å². The minimum atomic E-state index is -1.33.